The van der Waals surface area contributed by atoms with Crippen LogP contribution in [-0.4, -0.2) is 30.0 Å². The number of amides is 1. The second-order valence-electron chi connectivity index (χ2n) is 5.48. The van der Waals surface area contributed by atoms with Gasteiger partial charge >= 0.3 is 11.8 Å². The molecular weight excluding hydrogens is 338 g/mol. The van der Waals surface area contributed by atoms with E-state index in [1.54, 1.807) is 25.3 Å². The van der Waals surface area contributed by atoms with Gasteiger partial charge in [0.1, 0.15) is 5.75 Å². The lowest BCUT2D eigenvalue weighted by Gasteiger charge is -2.04. The van der Waals surface area contributed by atoms with E-state index in [4.69, 9.17) is 18.6 Å². The van der Waals surface area contributed by atoms with E-state index in [1.807, 2.05) is 24.3 Å². The van der Waals surface area contributed by atoms with E-state index >= 15 is 0 Å². The number of nitrogens with one attached hydrogen (secondary N) is 1. The molecule has 1 aromatic heterocycles. The third-order valence-corrected chi connectivity index (χ3v) is 3.85. The molecule has 0 atom stereocenters. The van der Waals surface area contributed by atoms with Gasteiger partial charge < -0.3 is 23.9 Å². The third kappa shape index (κ3) is 3.04. The Bertz CT molecular complexity index is 954. The van der Waals surface area contributed by atoms with E-state index in [-0.39, 0.29) is 18.6 Å². The number of ether oxygens (including phenoxy) is 3. The van der Waals surface area contributed by atoms with Crippen molar-refractivity contribution in [3.05, 3.63) is 53.9 Å². The number of para-hydroxylation sites is 1. The molecule has 0 saturated carbocycles. The lowest BCUT2D eigenvalue weighted by atomic mass is 10.2. The smallest absolute Gasteiger partial charge is 0.309 e. The summed E-state index contributed by atoms with van der Waals surface area (Å²) in [5.41, 5.74) is 1.49. The molecule has 8 nitrogen and oxygen atoms in total. The summed E-state index contributed by atoms with van der Waals surface area (Å²) in [6.07, 6.45) is 0. The highest BCUT2D eigenvalue weighted by Gasteiger charge is 2.18. The molecule has 26 heavy (non-hydrogen) atoms. The number of rotatable bonds is 5. The number of fused-ring (bicyclic) bond motifs is 1. The van der Waals surface area contributed by atoms with Gasteiger partial charge in [0.2, 0.25) is 6.79 Å². The molecular formula is C18H15N3O5. The Kier molecular flexibility index (Phi) is 4.14. The summed E-state index contributed by atoms with van der Waals surface area (Å²) in [6.45, 7) is 0.501. The topological polar surface area (TPSA) is 95.7 Å². The fourth-order valence-electron chi connectivity index (χ4n) is 2.55. The number of benzene rings is 2. The molecule has 0 saturated heterocycles. The Morgan fingerprint density at radius 1 is 1.15 bits per heavy atom. The lowest BCUT2D eigenvalue weighted by molar-refractivity contribution is 0.0916. The average Bonchev–Trinajstić information content (AvgIpc) is 3.35. The molecule has 4 rings (SSSR count). The fourth-order valence-corrected chi connectivity index (χ4v) is 2.55. The van der Waals surface area contributed by atoms with Crippen LogP contribution >= 0.6 is 0 Å². The van der Waals surface area contributed by atoms with Gasteiger partial charge in [0.25, 0.3) is 5.89 Å². The van der Waals surface area contributed by atoms with Crippen LogP contribution in [0, 0.1) is 0 Å². The second-order valence-corrected chi connectivity index (χ2v) is 5.48. The van der Waals surface area contributed by atoms with Crippen molar-refractivity contribution >= 4 is 5.91 Å². The van der Waals surface area contributed by atoms with E-state index < -0.39 is 5.91 Å². The molecule has 2 aromatic carbocycles. The Hall–Kier alpha value is -3.55. The SMILES string of the molecule is COc1ccccc1-c1nnc(C(=O)NCc2ccc3c(c2)OCO3)o1. The third-order valence-electron chi connectivity index (χ3n) is 3.85. The number of carbonyl (C=O) groups excluding carboxylic acids is 1. The first-order valence-electron chi connectivity index (χ1n) is 7.88. The van der Waals surface area contributed by atoms with Gasteiger partial charge in [-0.2, -0.15) is 0 Å². The Balaban J connectivity index is 1.45. The maximum Gasteiger partial charge on any atom is 0.309 e. The Morgan fingerprint density at radius 3 is 2.88 bits per heavy atom. The highest BCUT2D eigenvalue weighted by Crippen LogP contribution is 2.32. The van der Waals surface area contributed by atoms with Crippen molar-refractivity contribution in [2.75, 3.05) is 13.9 Å². The van der Waals surface area contributed by atoms with Gasteiger partial charge in [-0.1, -0.05) is 18.2 Å². The summed E-state index contributed by atoms with van der Waals surface area (Å²) in [6, 6.07) is 12.7. The number of hydrogen-bond acceptors (Lipinski definition) is 7. The van der Waals surface area contributed by atoms with E-state index in [1.165, 1.54) is 0 Å². The van der Waals surface area contributed by atoms with Crippen LogP contribution in [0.3, 0.4) is 0 Å². The molecule has 0 bridgehead atoms. The molecule has 3 aromatic rings. The van der Waals surface area contributed by atoms with Crippen LogP contribution in [0.4, 0.5) is 0 Å². The number of hydrogen-bond donors (Lipinski definition) is 1. The molecule has 1 aliphatic heterocycles. The maximum absolute atomic E-state index is 12.3. The van der Waals surface area contributed by atoms with Crippen molar-refractivity contribution in [1.82, 2.24) is 15.5 Å². The van der Waals surface area contributed by atoms with Gasteiger partial charge in [-0.25, -0.2) is 0 Å². The zero-order valence-corrected chi connectivity index (χ0v) is 13.9. The molecule has 2 heterocycles. The largest absolute Gasteiger partial charge is 0.496 e. The molecule has 1 amide bonds. The maximum atomic E-state index is 12.3. The zero-order valence-electron chi connectivity index (χ0n) is 13.9. The summed E-state index contributed by atoms with van der Waals surface area (Å²) in [5, 5.41) is 10.5. The summed E-state index contributed by atoms with van der Waals surface area (Å²) in [4.78, 5) is 12.3. The molecule has 0 unspecified atom stereocenters. The van der Waals surface area contributed by atoms with E-state index in [0.717, 1.165) is 5.56 Å². The minimum atomic E-state index is -0.462. The van der Waals surface area contributed by atoms with Gasteiger partial charge in [0.15, 0.2) is 11.5 Å². The van der Waals surface area contributed by atoms with Crippen LogP contribution in [0.5, 0.6) is 17.2 Å². The predicted molar refractivity (Wildman–Crippen MR) is 90.0 cm³/mol. The predicted octanol–water partition coefficient (Wildman–Crippen LogP) is 2.40. The quantitative estimate of drug-likeness (QED) is 0.752. The minimum Gasteiger partial charge on any atom is -0.496 e. The van der Waals surface area contributed by atoms with Gasteiger partial charge in [0, 0.05) is 6.54 Å². The average molecular weight is 353 g/mol. The summed E-state index contributed by atoms with van der Waals surface area (Å²) in [5.74, 6) is 1.58. The summed E-state index contributed by atoms with van der Waals surface area (Å²) < 4.78 is 21.3. The van der Waals surface area contributed by atoms with E-state index in [2.05, 4.69) is 15.5 Å². The normalized spacial score (nSPS) is 12.0. The highest BCUT2D eigenvalue weighted by molar-refractivity contribution is 5.89. The van der Waals surface area contributed by atoms with Gasteiger partial charge in [-0.05, 0) is 29.8 Å². The number of carbonyl (C=O) groups is 1. The number of methoxy groups -OCH3 is 1. The van der Waals surface area contributed by atoms with Crippen molar-refractivity contribution < 1.29 is 23.4 Å². The molecule has 0 radical (unpaired) electrons. The van der Waals surface area contributed by atoms with Crippen LogP contribution in [0.2, 0.25) is 0 Å². The lowest BCUT2D eigenvalue weighted by Crippen LogP contribution is -2.23. The van der Waals surface area contributed by atoms with Crippen molar-refractivity contribution in [3.8, 4) is 28.7 Å². The van der Waals surface area contributed by atoms with Gasteiger partial charge in [-0.15, -0.1) is 10.2 Å². The van der Waals surface area contributed by atoms with Crippen LogP contribution in [0.25, 0.3) is 11.5 Å². The first-order chi connectivity index (χ1) is 12.7. The van der Waals surface area contributed by atoms with Crippen molar-refractivity contribution in [1.29, 1.82) is 0 Å². The molecule has 0 spiro atoms. The monoisotopic (exact) mass is 353 g/mol. The summed E-state index contributed by atoms with van der Waals surface area (Å²) in [7, 11) is 1.55. The highest BCUT2D eigenvalue weighted by atomic mass is 16.7. The molecule has 8 heteroatoms. The van der Waals surface area contributed by atoms with Gasteiger partial charge in [-0.3, -0.25) is 4.79 Å². The van der Waals surface area contributed by atoms with Crippen molar-refractivity contribution in [3.63, 3.8) is 0 Å². The van der Waals surface area contributed by atoms with Crippen LogP contribution in [0.1, 0.15) is 16.2 Å². The first kappa shape index (κ1) is 15.9. The van der Waals surface area contributed by atoms with E-state index in [0.29, 0.717) is 29.4 Å². The van der Waals surface area contributed by atoms with Crippen LogP contribution in [0.15, 0.2) is 46.9 Å². The van der Waals surface area contributed by atoms with Crippen molar-refractivity contribution in [2.45, 2.75) is 6.54 Å². The molecule has 0 aliphatic carbocycles. The van der Waals surface area contributed by atoms with E-state index in [9.17, 15) is 4.79 Å². The summed E-state index contributed by atoms with van der Waals surface area (Å²) >= 11 is 0. The van der Waals surface area contributed by atoms with Crippen molar-refractivity contribution in [2.24, 2.45) is 0 Å². The molecule has 132 valence electrons. The van der Waals surface area contributed by atoms with Crippen LogP contribution < -0.4 is 19.5 Å². The zero-order chi connectivity index (χ0) is 17.9. The fraction of sp³-hybridized carbons (Fsp3) is 0.167. The Morgan fingerprint density at radius 2 is 2.00 bits per heavy atom. The molecule has 1 aliphatic rings. The second kappa shape index (κ2) is 6.75. The standard InChI is InChI=1S/C18H15N3O5/c1-23-13-5-3-2-4-12(13)17-20-21-18(26-17)16(22)19-9-11-6-7-14-15(8-11)25-10-24-14/h2-8H,9-10H2,1H3,(H,19,22). The molecule has 0 fully saturated rings. The van der Waals surface area contributed by atoms with Crippen LogP contribution in [-0.2, 0) is 6.54 Å². The minimum absolute atomic E-state index is 0.119. The Labute approximate surface area is 148 Å². The number of nitrogens with zero attached hydrogens (tertiary/aromatic N) is 2. The van der Waals surface area contributed by atoms with Gasteiger partial charge in [0.05, 0.1) is 12.7 Å². The first-order valence-corrected chi connectivity index (χ1v) is 7.88. The number of aromatic nitrogens is 2. The molecule has 1 N–H and O–H groups in total.